The lowest BCUT2D eigenvalue weighted by atomic mass is 9.93. The minimum Gasteiger partial charge on any atom is -0.410 e. The Morgan fingerprint density at radius 3 is 2.56 bits per heavy atom. The van der Waals surface area contributed by atoms with Gasteiger partial charge in [0.2, 0.25) is 5.91 Å². The van der Waals surface area contributed by atoms with Crippen LogP contribution in [-0.4, -0.2) is 56.2 Å². The van der Waals surface area contributed by atoms with E-state index in [0.29, 0.717) is 23.9 Å². The summed E-state index contributed by atoms with van der Waals surface area (Å²) in [6.07, 6.45) is 0.936. The monoisotopic (exact) mass is 462 g/mol. The maximum absolute atomic E-state index is 12.7. The van der Waals surface area contributed by atoms with Crippen LogP contribution in [-0.2, 0) is 11.2 Å². The van der Waals surface area contributed by atoms with Crippen molar-refractivity contribution in [1.82, 2.24) is 30.4 Å². The van der Waals surface area contributed by atoms with Crippen molar-refractivity contribution in [3.63, 3.8) is 0 Å². The first-order chi connectivity index (χ1) is 16.3. The average Bonchev–Trinajstić information content (AvgIpc) is 3.25. The molecule has 9 nitrogen and oxygen atoms in total. The SMILES string of the molecule is CCc1nnnn1-c1cc(OC(=O)NC(C)CC2CN(C(C)=O)C2)cc(-c2ccc(C)cc2)c1. The first-order valence-corrected chi connectivity index (χ1v) is 11.6. The normalized spacial score (nSPS) is 14.4. The van der Waals surface area contributed by atoms with Gasteiger partial charge in [0.1, 0.15) is 5.75 Å². The van der Waals surface area contributed by atoms with E-state index in [2.05, 4.69) is 20.8 Å². The summed E-state index contributed by atoms with van der Waals surface area (Å²) in [4.78, 5) is 25.8. The molecule has 3 aromatic rings. The van der Waals surface area contributed by atoms with E-state index in [0.717, 1.165) is 41.9 Å². The Labute approximate surface area is 199 Å². The lowest BCUT2D eigenvalue weighted by Gasteiger charge is -2.39. The molecule has 1 atom stereocenters. The molecule has 4 rings (SSSR count). The summed E-state index contributed by atoms with van der Waals surface area (Å²) in [5.41, 5.74) is 3.77. The number of nitrogens with zero attached hydrogens (tertiary/aromatic N) is 5. The zero-order valence-electron chi connectivity index (χ0n) is 20.0. The molecule has 0 saturated carbocycles. The van der Waals surface area contributed by atoms with Crippen LogP contribution >= 0.6 is 0 Å². The smallest absolute Gasteiger partial charge is 0.410 e. The third kappa shape index (κ3) is 5.41. The van der Waals surface area contributed by atoms with Crippen LogP contribution in [0.4, 0.5) is 4.79 Å². The number of likely N-dealkylation sites (tertiary alicyclic amines) is 1. The van der Waals surface area contributed by atoms with Gasteiger partial charge in [-0.05, 0) is 59.9 Å². The van der Waals surface area contributed by atoms with Gasteiger partial charge in [0.05, 0.1) is 5.69 Å². The molecule has 2 heterocycles. The first kappa shape index (κ1) is 23.4. The fraction of sp³-hybridized carbons (Fsp3) is 0.400. The van der Waals surface area contributed by atoms with Crippen molar-refractivity contribution >= 4 is 12.0 Å². The van der Waals surface area contributed by atoms with E-state index in [4.69, 9.17) is 4.74 Å². The van der Waals surface area contributed by atoms with Gasteiger partial charge in [-0.15, -0.1) is 5.10 Å². The van der Waals surface area contributed by atoms with Crippen LogP contribution in [0.3, 0.4) is 0 Å². The molecule has 1 fully saturated rings. The molecule has 1 saturated heterocycles. The predicted octanol–water partition coefficient (Wildman–Crippen LogP) is 3.55. The van der Waals surface area contributed by atoms with Gasteiger partial charge in [-0.2, -0.15) is 4.68 Å². The Balaban J connectivity index is 1.50. The molecular formula is C25H30N6O3. The van der Waals surface area contributed by atoms with Crippen molar-refractivity contribution in [2.24, 2.45) is 5.92 Å². The minimum atomic E-state index is -0.519. The summed E-state index contributed by atoms with van der Waals surface area (Å²) >= 11 is 0. The maximum atomic E-state index is 12.7. The summed E-state index contributed by atoms with van der Waals surface area (Å²) < 4.78 is 7.33. The van der Waals surface area contributed by atoms with Gasteiger partial charge in [0.25, 0.3) is 0 Å². The summed E-state index contributed by atoms with van der Waals surface area (Å²) in [7, 11) is 0. The second kappa shape index (κ2) is 10.0. The van der Waals surface area contributed by atoms with Gasteiger partial charge in [-0.3, -0.25) is 4.79 Å². The molecule has 0 spiro atoms. The zero-order chi connectivity index (χ0) is 24.2. The predicted molar refractivity (Wildman–Crippen MR) is 128 cm³/mol. The molecule has 2 amide bonds. The van der Waals surface area contributed by atoms with E-state index >= 15 is 0 Å². The molecule has 2 aromatic carbocycles. The van der Waals surface area contributed by atoms with E-state index in [1.807, 2.05) is 57.2 Å². The minimum absolute atomic E-state index is 0.0717. The molecule has 9 heteroatoms. The van der Waals surface area contributed by atoms with E-state index in [1.165, 1.54) is 0 Å². The second-order valence-corrected chi connectivity index (χ2v) is 8.90. The van der Waals surface area contributed by atoms with Crippen LogP contribution in [0.5, 0.6) is 5.75 Å². The number of aromatic nitrogens is 4. The summed E-state index contributed by atoms with van der Waals surface area (Å²) in [5.74, 6) is 1.60. The van der Waals surface area contributed by atoms with E-state index in [-0.39, 0.29) is 11.9 Å². The molecule has 34 heavy (non-hydrogen) atoms. The van der Waals surface area contributed by atoms with Crippen molar-refractivity contribution in [1.29, 1.82) is 0 Å². The van der Waals surface area contributed by atoms with Crippen molar-refractivity contribution in [2.75, 3.05) is 13.1 Å². The van der Waals surface area contributed by atoms with E-state index in [1.54, 1.807) is 22.6 Å². The van der Waals surface area contributed by atoms with Crippen molar-refractivity contribution in [3.8, 4) is 22.6 Å². The van der Waals surface area contributed by atoms with Gasteiger partial charge in [0.15, 0.2) is 5.82 Å². The summed E-state index contributed by atoms with van der Waals surface area (Å²) in [5, 5.41) is 14.9. The van der Waals surface area contributed by atoms with Gasteiger partial charge in [-0.1, -0.05) is 36.8 Å². The number of aryl methyl sites for hydroxylation is 2. The number of hydrogen-bond acceptors (Lipinski definition) is 6. The molecular weight excluding hydrogens is 432 g/mol. The number of benzene rings is 2. The topological polar surface area (TPSA) is 102 Å². The van der Waals surface area contributed by atoms with Crippen LogP contribution in [0.15, 0.2) is 42.5 Å². The Morgan fingerprint density at radius 1 is 1.15 bits per heavy atom. The summed E-state index contributed by atoms with van der Waals surface area (Å²) in [6.45, 7) is 9.02. The highest BCUT2D eigenvalue weighted by molar-refractivity contribution is 5.75. The second-order valence-electron chi connectivity index (χ2n) is 8.90. The fourth-order valence-corrected chi connectivity index (χ4v) is 4.18. The molecule has 1 aromatic heterocycles. The molecule has 1 aliphatic rings. The zero-order valence-corrected chi connectivity index (χ0v) is 20.0. The lowest BCUT2D eigenvalue weighted by molar-refractivity contribution is -0.135. The molecule has 0 bridgehead atoms. The quantitative estimate of drug-likeness (QED) is 0.576. The Morgan fingerprint density at radius 2 is 1.88 bits per heavy atom. The molecule has 0 aliphatic carbocycles. The Kier molecular flexibility index (Phi) is 6.90. The van der Waals surface area contributed by atoms with E-state index < -0.39 is 6.09 Å². The largest absolute Gasteiger partial charge is 0.412 e. The highest BCUT2D eigenvalue weighted by atomic mass is 16.6. The number of carbonyl (C=O) groups is 2. The first-order valence-electron chi connectivity index (χ1n) is 11.6. The van der Waals surface area contributed by atoms with Crippen LogP contribution in [0, 0.1) is 12.8 Å². The molecule has 0 radical (unpaired) electrons. The number of rotatable bonds is 7. The standard InChI is InChI=1S/C25H30N6O3/c1-5-24-27-28-29-31(24)22-11-21(20-8-6-16(2)7-9-20)12-23(13-22)34-25(33)26-17(3)10-19-14-30(15-19)18(4)32/h6-9,11-13,17,19H,5,10,14-15H2,1-4H3,(H,26,33). The number of hydrogen-bond donors (Lipinski definition) is 1. The van der Waals surface area contributed by atoms with Gasteiger partial charge < -0.3 is 15.0 Å². The number of carbonyl (C=O) groups excluding carboxylic acids is 2. The fourth-order valence-electron chi connectivity index (χ4n) is 4.18. The molecule has 1 aliphatic heterocycles. The number of nitrogens with one attached hydrogen (secondary N) is 1. The van der Waals surface area contributed by atoms with Gasteiger partial charge >= 0.3 is 6.09 Å². The highest BCUT2D eigenvalue weighted by Gasteiger charge is 2.30. The van der Waals surface area contributed by atoms with Crippen molar-refractivity contribution < 1.29 is 14.3 Å². The van der Waals surface area contributed by atoms with Crippen LogP contribution < -0.4 is 10.1 Å². The number of amides is 2. The molecule has 1 N–H and O–H groups in total. The lowest BCUT2D eigenvalue weighted by Crippen LogP contribution is -2.51. The van der Waals surface area contributed by atoms with Crippen molar-refractivity contribution in [2.45, 2.75) is 46.6 Å². The Bertz CT molecular complexity index is 1170. The van der Waals surface area contributed by atoms with Crippen LogP contribution in [0.1, 0.15) is 38.6 Å². The molecule has 178 valence electrons. The Hall–Kier alpha value is -3.75. The summed E-state index contributed by atoms with van der Waals surface area (Å²) in [6, 6.07) is 13.6. The third-order valence-electron chi connectivity index (χ3n) is 6.04. The maximum Gasteiger partial charge on any atom is 0.412 e. The van der Waals surface area contributed by atoms with E-state index in [9.17, 15) is 9.59 Å². The van der Waals surface area contributed by atoms with Gasteiger partial charge in [0, 0.05) is 38.5 Å². The average molecular weight is 463 g/mol. The number of ether oxygens (including phenoxy) is 1. The van der Waals surface area contributed by atoms with Crippen LogP contribution in [0.2, 0.25) is 0 Å². The van der Waals surface area contributed by atoms with Crippen LogP contribution in [0.25, 0.3) is 16.8 Å². The van der Waals surface area contributed by atoms with Crippen molar-refractivity contribution in [3.05, 3.63) is 53.9 Å². The third-order valence-corrected chi connectivity index (χ3v) is 6.04. The number of tetrazole rings is 1. The molecule has 1 unspecified atom stereocenters. The highest BCUT2D eigenvalue weighted by Crippen LogP contribution is 2.29. The van der Waals surface area contributed by atoms with Gasteiger partial charge in [-0.25, -0.2) is 4.79 Å².